The SMILES string of the molecule is COc1cccc(OC(F)(F)F)c1C(C)(C)N1CC1. The highest BCUT2D eigenvalue weighted by atomic mass is 19.4. The first-order valence-electron chi connectivity index (χ1n) is 5.94. The summed E-state index contributed by atoms with van der Waals surface area (Å²) in [5.74, 6) is 0.197. The fourth-order valence-corrected chi connectivity index (χ4v) is 2.26. The molecule has 1 saturated heterocycles. The third-order valence-corrected chi connectivity index (χ3v) is 3.28. The summed E-state index contributed by atoms with van der Waals surface area (Å²) in [6.07, 6.45) is -4.71. The third kappa shape index (κ3) is 2.94. The van der Waals surface area contributed by atoms with E-state index in [1.807, 2.05) is 18.7 Å². The van der Waals surface area contributed by atoms with E-state index in [0.29, 0.717) is 11.3 Å². The summed E-state index contributed by atoms with van der Waals surface area (Å²) >= 11 is 0. The van der Waals surface area contributed by atoms with E-state index in [9.17, 15) is 13.2 Å². The average Bonchev–Trinajstić information content (AvgIpc) is 3.09. The Hall–Kier alpha value is -1.43. The predicted octanol–water partition coefficient (Wildman–Crippen LogP) is 3.14. The van der Waals surface area contributed by atoms with Gasteiger partial charge in [0.1, 0.15) is 11.5 Å². The molecule has 0 unspecified atom stereocenters. The summed E-state index contributed by atoms with van der Waals surface area (Å²) in [4.78, 5) is 2.05. The molecule has 1 aliphatic heterocycles. The molecule has 1 heterocycles. The van der Waals surface area contributed by atoms with E-state index in [4.69, 9.17) is 4.74 Å². The van der Waals surface area contributed by atoms with Crippen LogP contribution in [0.15, 0.2) is 18.2 Å². The van der Waals surface area contributed by atoms with Gasteiger partial charge in [0.15, 0.2) is 0 Å². The molecular formula is C13H16F3NO2. The molecule has 0 N–H and O–H groups in total. The van der Waals surface area contributed by atoms with E-state index in [-0.39, 0.29) is 5.75 Å². The highest BCUT2D eigenvalue weighted by Crippen LogP contribution is 2.44. The van der Waals surface area contributed by atoms with E-state index in [1.165, 1.54) is 19.2 Å². The van der Waals surface area contributed by atoms with Crippen LogP contribution in [-0.4, -0.2) is 31.5 Å². The van der Waals surface area contributed by atoms with E-state index >= 15 is 0 Å². The predicted molar refractivity (Wildman–Crippen MR) is 64.3 cm³/mol. The van der Waals surface area contributed by atoms with E-state index in [1.54, 1.807) is 6.07 Å². The van der Waals surface area contributed by atoms with Gasteiger partial charge in [0.2, 0.25) is 0 Å². The molecule has 2 rings (SSSR count). The van der Waals surface area contributed by atoms with Gasteiger partial charge >= 0.3 is 6.36 Å². The molecule has 1 aromatic carbocycles. The molecule has 0 amide bonds. The van der Waals surface area contributed by atoms with E-state index in [2.05, 4.69) is 4.74 Å². The molecule has 3 nitrogen and oxygen atoms in total. The molecule has 19 heavy (non-hydrogen) atoms. The zero-order valence-electron chi connectivity index (χ0n) is 11.0. The Morgan fingerprint density at radius 1 is 1.11 bits per heavy atom. The fourth-order valence-electron chi connectivity index (χ4n) is 2.26. The van der Waals surface area contributed by atoms with Crippen molar-refractivity contribution in [3.63, 3.8) is 0 Å². The molecule has 0 aromatic heterocycles. The number of benzene rings is 1. The quantitative estimate of drug-likeness (QED) is 0.788. The van der Waals surface area contributed by atoms with Crippen LogP contribution in [0.1, 0.15) is 19.4 Å². The van der Waals surface area contributed by atoms with Gasteiger partial charge < -0.3 is 9.47 Å². The van der Waals surface area contributed by atoms with Crippen molar-refractivity contribution in [3.8, 4) is 11.5 Å². The van der Waals surface area contributed by atoms with E-state index < -0.39 is 11.9 Å². The Labute approximate surface area is 109 Å². The van der Waals surface area contributed by atoms with Crippen molar-refractivity contribution in [1.82, 2.24) is 4.90 Å². The van der Waals surface area contributed by atoms with Gasteiger partial charge in [0.05, 0.1) is 12.7 Å². The van der Waals surface area contributed by atoms with Crippen LogP contribution < -0.4 is 9.47 Å². The van der Waals surface area contributed by atoms with Crippen molar-refractivity contribution in [2.45, 2.75) is 25.7 Å². The Balaban J connectivity index is 2.48. The number of methoxy groups -OCH3 is 1. The second-order valence-corrected chi connectivity index (χ2v) is 4.93. The van der Waals surface area contributed by atoms with Crippen molar-refractivity contribution in [3.05, 3.63) is 23.8 Å². The van der Waals surface area contributed by atoms with Crippen LogP contribution in [0, 0.1) is 0 Å². The molecule has 1 aliphatic rings. The minimum absolute atomic E-state index is 0.205. The largest absolute Gasteiger partial charge is 0.573 e. The van der Waals surface area contributed by atoms with Crippen molar-refractivity contribution in [2.24, 2.45) is 0 Å². The Bertz CT molecular complexity index is 467. The van der Waals surface area contributed by atoms with Gasteiger partial charge in [-0.3, -0.25) is 4.90 Å². The monoisotopic (exact) mass is 275 g/mol. The van der Waals surface area contributed by atoms with Gasteiger partial charge in [-0.2, -0.15) is 0 Å². The number of hydrogen-bond donors (Lipinski definition) is 0. The Kier molecular flexibility index (Phi) is 3.38. The van der Waals surface area contributed by atoms with Gasteiger partial charge in [0, 0.05) is 18.6 Å². The van der Waals surface area contributed by atoms with Gasteiger partial charge in [-0.25, -0.2) is 0 Å². The Morgan fingerprint density at radius 2 is 1.68 bits per heavy atom. The maximum Gasteiger partial charge on any atom is 0.573 e. The minimum atomic E-state index is -4.71. The summed E-state index contributed by atoms with van der Waals surface area (Å²) in [7, 11) is 1.44. The molecule has 0 radical (unpaired) electrons. The smallest absolute Gasteiger partial charge is 0.496 e. The lowest BCUT2D eigenvalue weighted by molar-refractivity contribution is -0.275. The first kappa shape index (κ1) is 14.0. The second-order valence-electron chi connectivity index (χ2n) is 4.93. The summed E-state index contributed by atoms with van der Waals surface area (Å²) in [6.45, 7) is 5.44. The average molecular weight is 275 g/mol. The first-order chi connectivity index (χ1) is 8.75. The molecule has 1 aromatic rings. The lowest BCUT2D eigenvalue weighted by Crippen LogP contribution is -2.30. The number of nitrogens with zero attached hydrogens (tertiary/aromatic N) is 1. The van der Waals surface area contributed by atoms with Crippen LogP contribution in [0.3, 0.4) is 0 Å². The highest BCUT2D eigenvalue weighted by Gasteiger charge is 2.42. The zero-order valence-corrected chi connectivity index (χ0v) is 11.0. The lowest BCUT2D eigenvalue weighted by Gasteiger charge is -2.30. The Morgan fingerprint density at radius 3 is 2.16 bits per heavy atom. The molecule has 106 valence electrons. The summed E-state index contributed by atoms with van der Waals surface area (Å²) in [5, 5.41) is 0. The molecule has 0 aliphatic carbocycles. The minimum Gasteiger partial charge on any atom is -0.496 e. The number of rotatable bonds is 4. The third-order valence-electron chi connectivity index (χ3n) is 3.28. The van der Waals surface area contributed by atoms with Gasteiger partial charge in [-0.1, -0.05) is 6.07 Å². The van der Waals surface area contributed by atoms with Crippen molar-refractivity contribution >= 4 is 0 Å². The molecule has 0 atom stereocenters. The summed E-state index contributed by atoms with van der Waals surface area (Å²) < 4.78 is 46.8. The second kappa shape index (κ2) is 4.59. The number of alkyl halides is 3. The number of hydrogen-bond acceptors (Lipinski definition) is 3. The van der Waals surface area contributed by atoms with Crippen LogP contribution in [0.2, 0.25) is 0 Å². The maximum atomic E-state index is 12.5. The van der Waals surface area contributed by atoms with Crippen LogP contribution in [0.25, 0.3) is 0 Å². The molecule has 0 saturated carbocycles. The molecular weight excluding hydrogens is 259 g/mol. The van der Waals surface area contributed by atoms with Crippen molar-refractivity contribution in [1.29, 1.82) is 0 Å². The van der Waals surface area contributed by atoms with Gasteiger partial charge in [0.25, 0.3) is 0 Å². The van der Waals surface area contributed by atoms with Crippen LogP contribution in [-0.2, 0) is 5.54 Å². The van der Waals surface area contributed by atoms with Gasteiger partial charge in [-0.05, 0) is 26.0 Å². The van der Waals surface area contributed by atoms with Crippen LogP contribution >= 0.6 is 0 Å². The zero-order chi connectivity index (χ0) is 14.3. The molecule has 0 spiro atoms. The molecule has 6 heteroatoms. The fraction of sp³-hybridized carbons (Fsp3) is 0.538. The van der Waals surface area contributed by atoms with Crippen molar-refractivity contribution in [2.75, 3.05) is 20.2 Å². The standard InChI is InChI=1S/C13H16F3NO2/c1-12(2,17-7-8-17)11-9(18-3)5-4-6-10(11)19-13(14,15)16/h4-6H,7-8H2,1-3H3. The topological polar surface area (TPSA) is 21.5 Å². The number of ether oxygens (including phenoxy) is 2. The first-order valence-corrected chi connectivity index (χ1v) is 5.94. The van der Waals surface area contributed by atoms with Crippen LogP contribution in [0.5, 0.6) is 11.5 Å². The lowest BCUT2D eigenvalue weighted by atomic mass is 9.92. The van der Waals surface area contributed by atoms with E-state index in [0.717, 1.165) is 13.1 Å². The van der Waals surface area contributed by atoms with Crippen molar-refractivity contribution < 1.29 is 22.6 Å². The molecule has 0 bridgehead atoms. The van der Waals surface area contributed by atoms with Crippen LogP contribution in [0.4, 0.5) is 13.2 Å². The summed E-state index contributed by atoms with van der Waals surface area (Å²) in [6, 6.07) is 4.45. The highest BCUT2D eigenvalue weighted by molar-refractivity contribution is 5.49. The van der Waals surface area contributed by atoms with Gasteiger partial charge in [-0.15, -0.1) is 13.2 Å². The molecule has 1 fully saturated rings. The number of halogens is 3. The maximum absolute atomic E-state index is 12.5. The normalized spacial score (nSPS) is 16.3. The summed E-state index contributed by atoms with van der Waals surface area (Å²) in [5.41, 5.74) is -0.139.